The van der Waals surface area contributed by atoms with Crippen LogP contribution in [-0.2, 0) is 13.1 Å². The lowest BCUT2D eigenvalue weighted by Crippen LogP contribution is -2.41. The van der Waals surface area contributed by atoms with Crippen LogP contribution in [0.2, 0.25) is 0 Å². The minimum atomic E-state index is 0.105. The molecule has 3 rings (SSSR count). The molecule has 3 nitrogen and oxygen atoms in total. The molecule has 0 aromatic heterocycles. The molecule has 0 radical (unpaired) electrons. The van der Waals surface area contributed by atoms with E-state index in [-0.39, 0.29) is 6.03 Å². The Labute approximate surface area is 102 Å². The largest absolute Gasteiger partial charge is 0.335 e. The minimum absolute atomic E-state index is 0.105. The summed E-state index contributed by atoms with van der Waals surface area (Å²) >= 11 is 0. The summed E-state index contributed by atoms with van der Waals surface area (Å²) in [5.41, 5.74) is 2.57. The normalized spacial score (nSPS) is 19.4. The highest BCUT2D eigenvalue weighted by Gasteiger charge is 2.25. The number of hydrogen-bond acceptors (Lipinski definition) is 1. The van der Waals surface area contributed by atoms with Gasteiger partial charge in [-0.3, -0.25) is 0 Å². The second-order valence-corrected chi connectivity index (χ2v) is 5.06. The van der Waals surface area contributed by atoms with Crippen molar-refractivity contribution < 1.29 is 4.79 Å². The van der Waals surface area contributed by atoms with Crippen molar-refractivity contribution in [2.45, 2.75) is 44.8 Å². The smallest absolute Gasteiger partial charge is 0.318 e. The van der Waals surface area contributed by atoms with Crippen molar-refractivity contribution in [3.63, 3.8) is 0 Å². The number of fused-ring (bicyclic) bond motifs is 1. The highest BCUT2D eigenvalue weighted by molar-refractivity contribution is 5.75. The Morgan fingerprint density at radius 3 is 2.29 bits per heavy atom. The molecule has 2 amide bonds. The van der Waals surface area contributed by atoms with E-state index in [4.69, 9.17) is 0 Å². The van der Waals surface area contributed by atoms with Gasteiger partial charge in [-0.15, -0.1) is 0 Å². The SMILES string of the molecule is O=C(NC1CCCC1)N1Cc2ccccc2C1. The summed E-state index contributed by atoms with van der Waals surface area (Å²) in [6, 6.07) is 8.81. The van der Waals surface area contributed by atoms with Gasteiger partial charge in [0, 0.05) is 19.1 Å². The molecule has 0 bridgehead atoms. The molecule has 0 spiro atoms. The van der Waals surface area contributed by atoms with E-state index in [1.54, 1.807) is 0 Å². The molecule has 1 aliphatic heterocycles. The van der Waals surface area contributed by atoms with Crippen LogP contribution in [0.4, 0.5) is 4.79 Å². The maximum Gasteiger partial charge on any atom is 0.318 e. The van der Waals surface area contributed by atoms with Crippen molar-refractivity contribution in [2.24, 2.45) is 0 Å². The van der Waals surface area contributed by atoms with Crippen LogP contribution < -0.4 is 5.32 Å². The van der Waals surface area contributed by atoms with Crippen molar-refractivity contribution >= 4 is 6.03 Å². The molecular formula is C14H18N2O. The first-order valence-electron chi connectivity index (χ1n) is 6.45. The number of carbonyl (C=O) groups excluding carboxylic acids is 1. The van der Waals surface area contributed by atoms with Gasteiger partial charge in [0.25, 0.3) is 0 Å². The average molecular weight is 230 g/mol. The standard InChI is InChI=1S/C14H18N2O/c17-14(15-13-7-3-4-8-13)16-9-11-5-1-2-6-12(11)10-16/h1-2,5-6,13H,3-4,7-10H2,(H,15,17). The number of rotatable bonds is 1. The van der Waals surface area contributed by atoms with Crippen molar-refractivity contribution in [1.82, 2.24) is 10.2 Å². The fourth-order valence-corrected chi connectivity index (χ4v) is 2.81. The third-order valence-electron chi connectivity index (χ3n) is 3.81. The molecule has 0 atom stereocenters. The minimum Gasteiger partial charge on any atom is -0.335 e. The van der Waals surface area contributed by atoms with E-state index in [0.717, 1.165) is 25.9 Å². The quantitative estimate of drug-likeness (QED) is 0.790. The summed E-state index contributed by atoms with van der Waals surface area (Å²) in [5, 5.41) is 3.14. The molecule has 1 fully saturated rings. The van der Waals surface area contributed by atoms with Gasteiger partial charge < -0.3 is 10.2 Å². The van der Waals surface area contributed by atoms with Gasteiger partial charge in [0.1, 0.15) is 0 Å². The molecule has 1 heterocycles. The Bertz CT molecular complexity index is 399. The first-order valence-corrected chi connectivity index (χ1v) is 6.45. The van der Waals surface area contributed by atoms with Crippen LogP contribution in [0.1, 0.15) is 36.8 Å². The Hall–Kier alpha value is -1.51. The number of amides is 2. The van der Waals surface area contributed by atoms with Gasteiger partial charge in [-0.1, -0.05) is 37.1 Å². The third kappa shape index (κ3) is 2.14. The molecule has 0 saturated heterocycles. The van der Waals surface area contributed by atoms with Gasteiger partial charge in [0.15, 0.2) is 0 Å². The van der Waals surface area contributed by atoms with Crippen molar-refractivity contribution in [3.8, 4) is 0 Å². The molecule has 1 aromatic carbocycles. The molecule has 17 heavy (non-hydrogen) atoms. The molecule has 1 saturated carbocycles. The predicted molar refractivity (Wildman–Crippen MR) is 66.5 cm³/mol. The second-order valence-electron chi connectivity index (χ2n) is 5.06. The van der Waals surface area contributed by atoms with Crippen LogP contribution in [-0.4, -0.2) is 17.0 Å². The Kier molecular flexibility index (Phi) is 2.75. The summed E-state index contributed by atoms with van der Waals surface area (Å²) < 4.78 is 0. The molecular weight excluding hydrogens is 212 g/mol. The summed E-state index contributed by atoms with van der Waals surface area (Å²) in [6.45, 7) is 1.52. The summed E-state index contributed by atoms with van der Waals surface area (Å²) in [4.78, 5) is 14.0. The van der Waals surface area contributed by atoms with Crippen molar-refractivity contribution in [1.29, 1.82) is 0 Å². The number of hydrogen-bond donors (Lipinski definition) is 1. The van der Waals surface area contributed by atoms with E-state index in [9.17, 15) is 4.79 Å². The number of urea groups is 1. The number of benzene rings is 1. The molecule has 90 valence electrons. The van der Waals surface area contributed by atoms with Crippen LogP contribution in [0, 0.1) is 0 Å². The van der Waals surface area contributed by atoms with E-state index in [2.05, 4.69) is 17.4 Å². The van der Waals surface area contributed by atoms with Gasteiger partial charge in [0.2, 0.25) is 0 Å². The summed E-state index contributed by atoms with van der Waals surface area (Å²) in [6.07, 6.45) is 4.80. The lowest BCUT2D eigenvalue weighted by Gasteiger charge is -2.19. The predicted octanol–water partition coefficient (Wildman–Crippen LogP) is 2.65. The fourth-order valence-electron chi connectivity index (χ4n) is 2.81. The lowest BCUT2D eigenvalue weighted by atomic mass is 10.1. The van der Waals surface area contributed by atoms with Crippen LogP contribution >= 0.6 is 0 Å². The zero-order chi connectivity index (χ0) is 11.7. The molecule has 3 heteroatoms. The summed E-state index contributed by atoms with van der Waals surface area (Å²) in [7, 11) is 0. The van der Waals surface area contributed by atoms with Gasteiger partial charge in [-0.2, -0.15) is 0 Å². The zero-order valence-electron chi connectivity index (χ0n) is 9.98. The first-order chi connectivity index (χ1) is 8.33. The van der Waals surface area contributed by atoms with E-state index >= 15 is 0 Å². The average Bonchev–Trinajstić information content (AvgIpc) is 2.96. The highest BCUT2D eigenvalue weighted by atomic mass is 16.2. The van der Waals surface area contributed by atoms with Gasteiger partial charge in [-0.25, -0.2) is 4.79 Å². The van der Waals surface area contributed by atoms with Crippen LogP contribution in [0.3, 0.4) is 0 Å². The molecule has 2 aliphatic rings. The van der Waals surface area contributed by atoms with E-state index in [1.165, 1.54) is 24.0 Å². The maximum absolute atomic E-state index is 12.1. The van der Waals surface area contributed by atoms with Crippen molar-refractivity contribution in [2.75, 3.05) is 0 Å². The van der Waals surface area contributed by atoms with Gasteiger partial charge >= 0.3 is 6.03 Å². The van der Waals surface area contributed by atoms with E-state index in [0.29, 0.717) is 6.04 Å². The fraction of sp³-hybridized carbons (Fsp3) is 0.500. The molecule has 1 N–H and O–H groups in total. The Morgan fingerprint density at radius 2 is 1.71 bits per heavy atom. The maximum atomic E-state index is 12.1. The van der Waals surface area contributed by atoms with Gasteiger partial charge in [-0.05, 0) is 24.0 Å². The Morgan fingerprint density at radius 1 is 1.12 bits per heavy atom. The van der Waals surface area contributed by atoms with Gasteiger partial charge in [0.05, 0.1) is 0 Å². The highest BCUT2D eigenvalue weighted by Crippen LogP contribution is 2.23. The van der Waals surface area contributed by atoms with Crippen LogP contribution in [0.15, 0.2) is 24.3 Å². The number of nitrogens with one attached hydrogen (secondary N) is 1. The number of carbonyl (C=O) groups is 1. The molecule has 0 unspecified atom stereocenters. The van der Waals surface area contributed by atoms with Crippen molar-refractivity contribution in [3.05, 3.63) is 35.4 Å². The van der Waals surface area contributed by atoms with Crippen LogP contribution in [0.25, 0.3) is 0 Å². The Balaban J connectivity index is 1.62. The number of nitrogens with zero attached hydrogens (tertiary/aromatic N) is 1. The van der Waals surface area contributed by atoms with E-state index < -0.39 is 0 Å². The second kappa shape index (κ2) is 4.40. The first kappa shape index (κ1) is 10.6. The third-order valence-corrected chi connectivity index (χ3v) is 3.81. The molecule has 1 aliphatic carbocycles. The molecule has 1 aromatic rings. The van der Waals surface area contributed by atoms with Crippen LogP contribution in [0.5, 0.6) is 0 Å². The van der Waals surface area contributed by atoms with E-state index in [1.807, 2.05) is 17.0 Å². The topological polar surface area (TPSA) is 32.3 Å². The zero-order valence-corrected chi connectivity index (χ0v) is 9.98. The summed E-state index contributed by atoms with van der Waals surface area (Å²) in [5.74, 6) is 0. The lowest BCUT2D eigenvalue weighted by molar-refractivity contribution is 0.194. The monoisotopic (exact) mass is 230 g/mol.